The lowest BCUT2D eigenvalue weighted by molar-refractivity contribution is 0.0792. The molecule has 2 N–H and O–H groups in total. The van der Waals surface area contributed by atoms with Crippen molar-refractivity contribution in [2.75, 3.05) is 19.7 Å². The van der Waals surface area contributed by atoms with E-state index in [1.54, 1.807) is 12.7 Å². The van der Waals surface area contributed by atoms with Gasteiger partial charge in [-0.1, -0.05) is 30.3 Å². The first-order valence-corrected chi connectivity index (χ1v) is 8.28. The van der Waals surface area contributed by atoms with Gasteiger partial charge in [0.1, 0.15) is 0 Å². The molecular formula is C18H21N5O. The lowest BCUT2D eigenvalue weighted by Gasteiger charge is -2.34. The van der Waals surface area contributed by atoms with E-state index < -0.39 is 0 Å². The van der Waals surface area contributed by atoms with Crippen molar-refractivity contribution in [1.29, 1.82) is 0 Å². The van der Waals surface area contributed by atoms with E-state index in [9.17, 15) is 0 Å². The van der Waals surface area contributed by atoms with Crippen LogP contribution >= 0.6 is 0 Å². The third-order valence-corrected chi connectivity index (χ3v) is 4.47. The molecule has 0 saturated carbocycles. The van der Waals surface area contributed by atoms with Crippen molar-refractivity contribution in [3.8, 4) is 0 Å². The van der Waals surface area contributed by atoms with Crippen molar-refractivity contribution >= 4 is 0 Å². The number of benzene rings is 1. The molecule has 24 heavy (non-hydrogen) atoms. The summed E-state index contributed by atoms with van der Waals surface area (Å²) in [5.41, 5.74) is 4.59. The maximum Gasteiger partial charge on any atom is 0.0963 e. The maximum atomic E-state index is 5.86. The van der Waals surface area contributed by atoms with Gasteiger partial charge in [-0.2, -0.15) is 0 Å². The second-order valence-corrected chi connectivity index (χ2v) is 6.00. The van der Waals surface area contributed by atoms with Gasteiger partial charge in [0.2, 0.25) is 0 Å². The van der Waals surface area contributed by atoms with Crippen LogP contribution in [0.2, 0.25) is 0 Å². The highest BCUT2D eigenvalue weighted by Gasteiger charge is 2.31. The molecule has 0 radical (unpaired) electrons. The number of fused-ring (bicyclic) bond motifs is 1. The smallest absolute Gasteiger partial charge is 0.0963 e. The van der Waals surface area contributed by atoms with E-state index in [0.717, 1.165) is 30.9 Å². The first-order valence-electron chi connectivity index (χ1n) is 8.28. The predicted molar refractivity (Wildman–Crippen MR) is 90.4 cm³/mol. The summed E-state index contributed by atoms with van der Waals surface area (Å²) >= 11 is 0. The summed E-state index contributed by atoms with van der Waals surface area (Å²) in [5, 5.41) is 0. The van der Waals surface area contributed by atoms with Crippen LogP contribution in [-0.4, -0.2) is 44.5 Å². The van der Waals surface area contributed by atoms with E-state index in [0.29, 0.717) is 13.2 Å². The second kappa shape index (κ2) is 6.98. The van der Waals surface area contributed by atoms with Gasteiger partial charge < -0.3 is 14.7 Å². The largest absolute Gasteiger partial charge is 0.375 e. The first-order chi connectivity index (χ1) is 11.9. The molecule has 3 aromatic rings. The van der Waals surface area contributed by atoms with E-state index >= 15 is 0 Å². The van der Waals surface area contributed by atoms with E-state index in [1.807, 2.05) is 24.4 Å². The summed E-state index contributed by atoms with van der Waals surface area (Å²) in [6, 6.07) is 10.4. The van der Waals surface area contributed by atoms with E-state index in [4.69, 9.17) is 4.74 Å². The number of nitrogens with one attached hydrogen (secondary N) is 2. The van der Waals surface area contributed by atoms with E-state index in [2.05, 4.69) is 37.0 Å². The van der Waals surface area contributed by atoms with Crippen LogP contribution in [0.4, 0.5) is 0 Å². The topological polar surface area (TPSA) is 69.8 Å². The number of hydrogen-bond acceptors (Lipinski definition) is 4. The van der Waals surface area contributed by atoms with Crippen molar-refractivity contribution in [1.82, 2.24) is 24.8 Å². The van der Waals surface area contributed by atoms with Crippen molar-refractivity contribution in [3.05, 3.63) is 71.8 Å². The van der Waals surface area contributed by atoms with Crippen LogP contribution in [0.25, 0.3) is 0 Å². The van der Waals surface area contributed by atoms with Crippen molar-refractivity contribution < 1.29 is 4.74 Å². The lowest BCUT2D eigenvalue weighted by atomic mass is 10.0. The van der Waals surface area contributed by atoms with Crippen molar-refractivity contribution in [3.63, 3.8) is 0 Å². The summed E-state index contributed by atoms with van der Waals surface area (Å²) in [7, 11) is 0. The Morgan fingerprint density at radius 2 is 2.08 bits per heavy atom. The minimum absolute atomic E-state index is 0.114. The third-order valence-electron chi connectivity index (χ3n) is 4.47. The normalized spacial score (nSPS) is 17.8. The molecule has 0 spiro atoms. The van der Waals surface area contributed by atoms with Gasteiger partial charge in [0.05, 0.1) is 43.3 Å². The zero-order chi connectivity index (χ0) is 16.2. The highest BCUT2D eigenvalue weighted by molar-refractivity contribution is 5.27. The monoisotopic (exact) mass is 323 g/mol. The zero-order valence-electron chi connectivity index (χ0n) is 13.5. The van der Waals surface area contributed by atoms with Gasteiger partial charge in [-0.15, -0.1) is 0 Å². The van der Waals surface area contributed by atoms with Crippen LogP contribution < -0.4 is 0 Å². The fourth-order valence-corrected chi connectivity index (χ4v) is 3.27. The third kappa shape index (κ3) is 3.11. The number of aromatic amines is 2. The SMILES string of the molecule is c1ccc(COCCN2CCc3[nH]cnc3C2c2cnc[nH]2)cc1. The molecule has 124 valence electrons. The van der Waals surface area contributed by atoms with Gasteiger partial charge in [0, 0.05) is 31.4 Å². The molecular weight excluding hydrogens is 302 g/mol. The Labute approximate surface area is 140 Å². The lowest BCUT2D eigenvalue weighted by Crippen LogP contribution is -2.38. The Morgan fingerprint density at radius 3 is 2.92 bits per heavy atom. The van der Waals surface area contributed by atoms with Crippen molar-refractivity contribution in [2.45, 2.75) is 19.1 Å². The van der Waals surface area contributed by atoms with Crippen molar-refractivity contribution in [2.24, 2.45) is 0 Å². The summed E-state index contributed by atoms with van der Waals surface area (Å²) in [6.45, 7) is 3.19. The van der Waals surface area contributed by atoms with Gasteiger partial charge in [-0.05, 0) is 5.56 Å². The van der Waals surface area contributed by atoms with Crippen LogP contribution in [0.3, 0.4) is 0 Å². The van der Waals surface area contributed by atoms with Gasteiger partial charge in [-0.3, -0.25) is 4.90 Å². The summed E-state index contributed by atoms with van der Waals surface area (Å²) < 4.78 is 5.86. The molecule has 1 aromatic carbocycles. The Morgan fingerprint density at radius 1 is 1.17 bits per heavy atom. The highest BCUT2D eigenvalue weighted by Crippen LogP contribution is 2.31. The van der Waals surface area contributed by atoms with Crippen LogP contribution in [-0.2, 0) is 17.8 Å². The molecule has 0 saturated heterocycles. The number of imidazole rings is 2. The molecule has 6 nitrogen and oxygen atoms in total. The van der Waals surface area contributed by atoms with Crippen LogP contribution in [0.5, 0.6) is 0 Å². The standard InChI is InChI=1S/C18H21N5O/c1-2-4-14(5-3-1)11-24-9-8-23-7-6-15-17(22-13-21-15)18(23)16-10-19-12-20-16/h1-5,10,12-13,18H,6-9,11H2,(H,19,20)(H,21,22). The quantitative estimate of drug-likeness (QED) is 0.683. The average Bonchev–Trinajstić information content (AvgIpc) is 3.30. The van der Waals surface area contributed by atoms with E-state index in [1.165, 1.54) is 11.3 Å². The fourth-order valence-electron chi connectivity index (χ4n) is 3.27. The molecule has 4 rings (SSSR count). The van der Waals surface area contributed by atoms with E-state index in [-0.39, 0.29) is 6.04 Å². The van der Waals surface area contributed by atoms with Gasteiger partial charge in [0.25, 0.3) is 0 Å². The fraction of sp³-hybridized carbons (Fsp3) is 0.333. The Kier molecular flexibility index (Phi) is 4.40. The number of H-pyrrole nitrogens is 2. The van der Waals surface area contributed by atoms with Gasteiger partial charge in [0.15, 0.2) is 0 Å². The van der Waals surface area contributed by atoms with Crippen LogP contribution in [0.1, 0.15) is 28.7 Å². The molecule has 3 heterocycles. The molecule has 0 aliphatic carbocycles. The minimum atomic E-state index is 0.114. The molecule has 1 atom stereocenters. The number of aromatic nitrogens is 4. The molecule has 2 aromatic heterocycles. The number of hydrogen-bond donors (Lipinski definition) is 2. The highest BCUT2D eigenvalue weighted by atomic mass is 16.5. The Hall–Kier alpha value is -2.44. The van der Waals surface area contributed by atoms with Gasteiger partial charge in [-0.25, -0.2) is 9.97 Å². The Bertz CT molecular complexity index is 753. The molecule has 0 amide bonds. The Balaban J connectivity index is 1.40. The minimum Gasteiger partial charge on any atom is -0.375 e. The predicted octanol–water partition coefficient (Wildman–Crippen LogP) is 2.30. The average molecular weight is 323 g/mol. The second-order valence-electron chi connectivity index (χ2n) is 6.00. The van der Waals surface area contributed by atoms with Crippen LogP contribution in [0, 0.1) is 0 Å². The maximum absolute atomic E-state index is 5.86. The molecule has 1 aliphatic heterocycles. The molecule has 0 fully saturated rings. The van der Waals surface area contributed by atoms with Crippen LogP contribution in [0.15, 0.2) is 49.2 Å². The number of nitrogens with zero attached hydrogens (tertiary/aromatic N) is 3. The molecule has 1 unspecified atom stereocenters. The molecule has 6 heteroatoms. The zero-order valence-corrected chi connectivity index (χ0v) is 13.5. The summed E-state index contributed by atoms with van der Waals surface area (Å²) in [5.74, 6) is 0. The first kappa shape index (κ1) is 15.1. The van der Waals surface area contributed by atoms with Gasteiger partial charge >= 0.3 is 0 Å². The number of ether oxygens (including phenoxy) is 1. The summed E-state index contributed by atoms with van der Waals surface area (Å²) in [6.07, 6.45) is 6.37. The molecule has 0 bridgehead atoms. The number of rotatable bonds is 6. The summed E-state index contributed by atoms with van der Waals surface area (Å²) in [4.78, 5) is 17.6. The molecule has 1 aliphatic rings.